The largest absolute Gasteiger partial charge is 0.362 e. The maximum absolute atomic E-state index is 10.3. The van der Waals surface area contributed by atoms with Crippen molar-refractivity contribution in [3.05, 3.63) is 0 Å². The second kappa shape index (κ2) is 4.73. The number of nitrogens with two attached hydrogens (primary N) is 1. The van der Waals surface area contributed by atoms with Crippen LogP contribution >= 0.6 is 0 Å². The van der Waals surface area contributed by atoms with Gasteiger partial charge in [-0.3, -0.25) is 4.55 Å². The van der Waals surface area contributed by atoms with Crippen LogP contribution in [0.5, 0.6) is 0 Å². The third kappa shape index (κ3) is 5.44. The Labute approximate surface area is 72.0 Å². The van der Waals surface area contributed by atoms with E-state index in [0.29, 0.717) is 6.61 Å². The summed E-state index contributed by atoms with van der Waals surface area (Å²) in [5.74, 6) is 0. The predicted molar refractivity (Wildman–Crippen MR) is 43.7 cm³/mol. The molecule has 0 aliphatic heterocycles. The molecule has 0 radical (unpaired) electrons. The van der Waals surface area contributed by atoms with E-state index in [2.05, 4.69) is 0 Å². The molecule has 0 aromatic carbocycles. The summed E-state index contributed by atoms with van der Waals surface area (Å²) in [6, 6.07) is -0.653. The fourth-order valence-corrected chi connectivity index (χ4v) is 1.24. The summed E-state index contributed by atoms with van der Waals surface area (Å²) in [4.78, 5) is 0. The molecule has 0 bridgehead atoms. The Morgan fingerprint density at radius 1 is 1.67 bits per heavy atom. The Hall–Kier alpha value is -0.210. The molecular formula is C5H14N2O4S. The quantitative estimate of drug-likeness (QED) is 0.392. The molecule has 0 aromatic rings. The van der Waals surface area contributed by atoms with E-state index >= 15 is 0 Å². The van der Waals surface area contributed by atoms with E-state index in [-0.39, 0.29) is 0 Å². The van der Waals surface area contributed by atoms with Gasteiger partial charge in [0, 0.05) is 6.61 Å². The van der Waals surface area contributed by atoms with Crippen molar-refractivity contribution in [3.63, 3.8) is 0 Å². The second-order valence-electron chi connectivity index (χ2n) is 2.30. The van der Waals surface area contributed by atoms with Crippen LogP contribution < -0.4 is 10.5 Å². The lowest BCUT2D eigenvalue weighted by atomic mass is 10.3. The van der Waals surface area contributed by atoms with E-state index < -0.39 is 22.6 Å². The molecule has 0 fully saturated rings. The molecule has 0 heterocycles. The molecule has 4 N–H and O–H groups in total. The van der Waals surface area contributed by atoms with E-state index in [4.69, 9.17) is 15.0 Å². The lowest BCUT2D eigenvalue weighted by Crippen LogP contribution is -2.46. The summed E-state index contributed by atoms with van der Waals surface area (Å²) < 4.78 is 35.7. The Bertz CT molecular complexity index is 215. The van der Waals surface area contributed by atoms with E-state index in [0.717, 1.165) is 0 Å². The van der Waals surface area contributed by atoms with Gasteiger partial charge in [-0.05, 0) is 13.8 Å². The van der Waals surface area contributed by atoms with Gasteiger partial charge in [0.05, 0.1) is 6.04 Å². The molecule has 0 amide bonds. The summed E-state index contributed by atoms with van der Waals surface area (Å²) in [6.07, 6.45) is -0.753. The number of hydrogen-bond acceptors (Lipinski definition) is 4. The van der Waals surface area contributed by atoms with Gasteiger partial charge < -0.3 is 10.5 Å². The molecule has 0 aliphatic rings. The highest BCUT2D eigenvalue weighted by molar-refractivity contribution is 7.83. The van der Waals surface area contributed by atoms with Crippen LogP contribution in [0.1, 0.15) is 13.8 Å². The number of nitrogens with one attached hydrogen (secondary N) is 1. The molecule has 0 saturated heterocycles. The Morgan fingerprint density at radius 2 is 2.17 bits per heavy atom. The van der Waals surface area contributed by atoms with Crippen molar-refractivity contribution in [2.45, 2.75) is 26.1 Å². The molecule has 6 nitrogen and oxygen atoms in total. The normalized spacial score (nSPS) is 17.3. The van der Waals surface area contributed by atoms with Gasteiger partial charge in [0.2, 0.25) is 0 Å². The summed E-state index contributed by atoms with van der Waals surface area (Å²) in [7, 11) is -4.20. The third-order valence-electron chi connectivity index (χ3n) is 1.19. The van der Waals surface area contributed by atoms with Crippen LogP contribution in [0, 0.1) is 0 Å². The molecule has 0 aliphatic carbocycles. The van der Waals surface area contributed by atoms with Gasteiger partial charge in [-0.1, -0.05) is 0 Å². The zero-order chi connectivity index (χ0) is 9.78. The highest BCUT2D eigenvalue weighted by Crippen LogP contribution is 1.93. The van der Waals surface area contributed by atoms with Crippen LogP contribution in [-0.2, 0) is 15.0 Å². The highest BCUT2D eigenvalue weighted by Gasteiger charge is 2.17. The van der Waals surface area contributed by atoms with Crippen molar-refractivity contribution < 1.29 is 17.7 Å². The molecule has 0 saturated carbocycles. The van der Waals surface area contributed by atoms with E-state index in [9.17, 15) is 8.42 Å². The maximum atomic E-state index is 10.3. The van der Waals surface area contributed by atoms with Gasteiger partial charge >= 0.3 is 10.3 Å². The number of rotatable bonds is 5. The third-order valence-corrected chi connectivity index (χ3v) is 1.86. The first-order valence-corrected chi connectivity index (χ1v) is 4.92. The van der Waals surface area contributed by atoms with Crippen molar-refractivity contribution in [1.82, 2.24) is 4.72 Å². The van der Waals surface area contributed by atoms with Crippen LogP contribution in [0.15, 0.2) is 0 Å². The Morgan fingerprint density at radius 3 is 2.50 bits per heavy atom. The SMILES string of the molecule is CCOC(N)C(C)NS(=O)(=O)O. The molecule has 0 spiro atoms. The van der Waals surface area contributed by atoms with Crippen molar-refractivity contribution in [3.8, 4) is 0 Å². The molecule has 2 atom stereocenters. The zero-order valence-electron chi connectivity index (χ0n) is 7.02. The van der Waals surface area contributed by atoms with Gasteiger partial charge in [0.15, 0.2) is 0 Å². The first-order valence-electron chi connectivity index (χ1n) is 3.48. The standard InChI is InChI=1S/C5H14N2O4S/c1-3-11-5(6)4(2)7-12(8,9)10/h4-5,7H,3,6H2,1-2H3,(H,8,9,10). The van der Waals surface area contributed by atoms with E-state index in [1.807, 2.05) is 4.72 Å². The average Bonchev–Trinajstić information content (AvgIpc) is 1.84. The summed E-state index contributed by atoms with van der Waals surface area (Å²) in [5.41, 5.74) is 5.37. The number of hydrogen-bond donors (Lipinski definition) is 3. The van der Waals surface area contributed by atoms with E-state index in [1.54, 1.807) is 6.92 Å². The fraction of sp³-hybridized carbons (Fsp3) is 1.00. The van der Waals surface area contributed by atoms with Crippen molar-refractivity contribution in [1.29, 1.82) is 0 Å². The minimum atomic E-state index is -4.20. The molecule has 0 aromatic heterocycles. The van der Waals surface area contributed by atoms with Crippen LogP contribution in [0.2, 0.25) is 0 Å². The highest BCUT2D eigenvalue weighted by atomic mass is 32.2. The molecular weight excluding hydrogens is 184 g/mol. The first-order chi connectivity index (χ1) is 5.37. The second-order valence-corrected chi connectivity index (χ2v) is 3.49. The van der Waals surface area contributed by atoms with Gasteiger partial charge in [-0.15, -0.1) is 0 Å². The Balaban J connectivity index is 3.95. The Kier molecular flexibility index (Phi) is 4.64. The molecule has 2 unspecified atom stereocenters. The summed E-state index contributed by atoms with van der Waals surface area (Å²) >= 11 is 0. The summed E-state index contributed by atoms with van der Waals surface area (Å²) in [6.45, 7) is 3.62. The first kappa shape index (κ1) is 11.8. The topological polar surface area (TPSA) is 102 Å². The predicted octanol–water partition coefficient (Wildman–Crippen LogP) is -0.911. The van der Waals surface area contributed by atoms with Crippen molar-refractivity contribution in [2.24, 2.45) is 5.73 Å². The van der Waals surface area contributed by atoms with Gasteiger partial charge in [0.1, 0.15) is 6.23 Å². The maximum Gasteiger partial charge on any atom is 0.333 e. The van der Waals surface area contributed by atoms with Crippen LogP contribution in [0.25, 0.3) is 0 Å². The minimum absolute atomic E-state index is 0.388. The monoisotopic (exact) mass is 198 g/mol. The van der Waals surface area contributed by atoms with Crippen LogP contribution in [0.4, 0.5) is 0 Å². The average molecular weight is 198 g/mol. The minimum Gasteiger partial charge on any atom is -0.362 e. The van der Waals surface area contributed by atoms with Gasteiger partial charge in [-0.2, -0.15) is 13.1 Å². The smallest absolute Gasteiger partial charge is 0.333 e. The lowest BCUT2D eigenvalue weighted by molar-refractivity contribution is 0.0486. The fourth-order valence-electron chi connectivity index (χ4n) is 0.639. The number of ether oxygens (including phenoxy) is 1. The zero-order valence-corrected chi connectivity index (χ0v) is 7.84. The van der Waals surface area contributed by atoms with Crippen LogP contribution in [-0.4, -0.2) is 31.8 Å². The molecule has 0 rings (SSSR count). The van der Waals surface area contributed by atoms with Crippen molar-refractivity contribution >= 4 is 10.3 Å². The van der Waals surface area contributed by atoms with Gasteiger partial charge in [0.25, 0.3) is 0 Å². The van der Waals surface area contributed by atoms with Gasteiger partial charge in [-0.25, -0.2) is 0 Å². The molecule has 7 heteroatoms. The molecule has 12 heavy (non-hydrogen) atoms. The van der Waals surface area contributed by atoms with E-state index in [1.165, 1.54) is 6.92 Å². The lowest BCUT2D eigenvalue weighted by Gasteiger charge is -2.18. The molecule has 74 valence electrons. The van der Waals surface area contributed by atoms with Crippen LogP contribution in [0.3, 0.4) is 0 Å². The summed E-state index contributed by atoms with van der Waals surface area (Å²) in [5, 5.41) is 0. The van der Waals surface area contributed by atoms with Crippen molar-refractivity contribution in [2.75, 3.05) is 6.61 Å².